The minimum absolute atomic E-state index is 0.165. The van der Waals surface area contributed by atoms with E-state index in [0.29, 0.717) is 5.75 Å². The molecule has 3 aromatic rings. The number of carbonyl (C=O) groups excluding carboxylic acids is 1. The minimum Gasteiger partial charge on any atom is -0.479 e. The third-order valence-electron chi connectivity index (χ3n) is 3.31. The summed E-state index contributed by atoms with van der Waals surface area (Å²) in [5.74, 6) is 6.30. The third-order valence-corrected chi connectivity index (χ3v) is 4.15. The van der Waals surface area contributed by atoms with Crippen LogP contribution in [0.1, 0.15) is 4.88 Å². The minimum atomic E-state index is -0.165. The van der Waals surface area contributed by atoms with Crippen LogP contribution in [0, 0.1) is 11.8 Å². The van der Waals surface area contributed by atoms with Gasteiger partial charge in [-0.3, -0.25) is 9.78 Å². The first kappa shape index (κ1) is 16.7. The van der Waals surface area contributed by atoms with Crippen LogP contribution in [0.4, 0.5) is 0 Å². The lowest BCUT2D eigenvalue weighted by Crippen LogP contribution is -2.21. The van der Waals surface area contributed by atoms with Gasteiger partial charge >= 0.3 is 0 Å². The first-order chi connectivity index (χ1) is 12.3. The molecule has 0 aliphatic heterocycles. The number of fused-ring (bicyclic) bond motifs is 1. The van der Waals surface area contributed by atoms with Crippen LogP contribution in [0.2, 0.25) is 0 Å². The predicted octanol–water partition coefficient (Wildman–Crippen LogP) is 3.51. The van der Waals surface area contributed by atoms with Crippen LogP contribution in [0.15, 0.2) is 60.1 Å². The van der Waals surface area contributed by atoms with Gasteiger partial charge in [-0.1, -0.05) is 36.1 Å². The Morgan fingerprint density at radius 2 is 2.12 bits per heavy atom. The molecule has 124 valence electrons. The van der Waals surface area contributed by atoms with Crippen LogP contribution < -0.4 is 10.1 Å². The number of para-hydroxylation sites is 1. The second kappa shape index (κ2) is 8.67. The Hall–Kier alpha value is -3.10. The molecule has 25 heavy (non-hydrogen) atoms. The Morgan fingerprint density at radius 1 is 1.20 bits per heavy atom. The molecule has 0 unspecified atom stereocenters. The van der Waals surface area contributed by atoms with Crippen LogP contribution in [-0.2, 0) is 4.79 Å². The van der Waals surface area contributed by atoms with Gasteiger partial charge < -0.3 is 10.1 Å². The normalized spacial score (nSPS) is 10.4. The zero-order valence-electron chi connectivity index (χ0n) is 13.4. The SMILES string of the molecule is O=C(/C=C/c1cccs1)NCC#CCOc1cccc2cccnc12. The van der Waals surface area contributed by atoms with Gasteiger partial charge in [-0.15, -0.1) is 11.3 Å². The van der Waals surface area contributed by atoms with Gasteiger partial charge in [0.25, 0.3) is 0 Å². The Labute approximate surface area is 150 Å². The number of benzene rings is 1. The van der Waals surface area contributed by atoms with Gasteiger partial charge in [0.05, 0.1) is 6.54 Å². The number of ether oxygens (including phenoxy) is 1. The van der Waals surface area contributed by atoms with Crippen molar-refractivity contribution in [3.63, 3.8) is 0 Å². The van der Waals surface area contributed by atoms with Gasteiger partial charge in [0, 0.05) is 22.5 Å². The highest BCUT2D eigenvalue weighted by molar-refractivity contribution is 7.10. The second-order valence-electron chi connectivity index (χ2n) is 5.04. The highest BCUT2D eigenvalue weighted by Gasteiger charge is 2.01. The summed E-state index contributed by atoms with van der Waals surface area (Å²) in [4.78, 5) is 17.0. The van der Waals surface area contributed by atoms with Crippen molar-refractivity contribution in [1.29, 1.82) is 0 Å². The first-order valence-corrected chi connectivity index (χ1v) is 8.62. The average Bonchev–Trinajstić information content (AvgIpc) is 3.16. The van der Waals surface area contributed by atoms with Gasteiger partial charge in [0.2, 0.25) is 5.91 Å². The number of rotatable bonds is 5. The smallest absolute Gasteiger partial charge is 0.244 e. The maximum atomic E-state index is 11.6. The number of amides is 1. The molecule has 3 rings (SSSR count). The summed E-state index contributed by atoms with van der Waals surface area (Å²) in [7, 11) is 0. The summed E-state index contributed by atoms with van der Waals surface area (Å²) < 4.78 is 5.66. The maximum absolute atomic E-state index is 11.6. The number of nitrogens with zero attached hydrogens (tertiary/aromatic N) is 1. The Morgan fingerprint density at radius 3 is 3.00 bits per heavy atom. The van der Waals surface area contributed by atoms with E-state index in [1.165, 1.54) is 6.08 Å². The zero-order chi connectivity index (χ0) is 17.3. The standard InChI is InChI=1S/C20H16N2O2S/c23-19(11-10-17-8-5-15-25-17)21-12-1-2-14-24-18-9-3-6-16-7-4-13-22-20(16)18/h3-11,13,15H,12,14H2,(H,21,23)/b11-10+. The molecule has 2 aromatic heterocycles. The number of nitrogens with one attached hydrogen (secondary N) is 1. The van der Waals surface area contributed by atoms with Crippen molar-refractivity contribution in [2.24, 2.45) is 0 Å². The molecule has 0 atom stereocenters. The molecule has 0 fully saturated rings. The molecule has 2 heterocycles. The molecule has 0 aliphatic rings. The van der Waals surface area contributed by atoms with E-state index in [-0.39, 0.29) is 19.1 Å². The first-order valence-electron chi connectivity index (χ1n) is 7.74. The molecule has 4 nitrogen and oxygen atoms in total. The lowest BCUT2D eigenvalue weighted by Gasteiger charge is -2.05. The molecule has 0 saturated heterocycles. The van der Waals surface area contributed by atoms with Crippen LogP contribution >= 0.6 is 11.3 Å². The van der Waals surface area contributed by atoms with Crippen LogP contribution in [0.5, 0.6) is 5.75 Å². The summed E-state index contributed by atoms with van der Waals surface area (Å²) in [6.45, 7) is 0.529. The Kier molecular flexibility index (Phi) is 5.81. The van der Waals surface area contributed by atoms with Gasteiger partial charge in [-0.2, -0.15) is 0 Å². The molecule has 5 heteroatoms. The molecular weight excluding hydrogens is 332 g/mol. The fraction of sp³-hybridized carbons (Fsp3) is 0.100. The number of hydrogen-bond donors (Lipinski definition) is 1. The van der Waals surface area contributed by atoms with Crippen molar-refractivity contribution in [3.8, 4) is 17.6 Å². The van der Waals surface area contributed by atoms with Gasteiger partial charge in [-0.25, -0.2) is 0 Å². The van der Waals surface area contributed by atoms with Gasteiger partial charge in [-0.05, 0) is 29.7 Å². The Balaban J connectivity index is 1.44. The lowest BCUT2D eigenvalue weighted by atomic mass is 10.2. The summed E-state index contributed by atoms with van der Waals surface area (Å²) >= 11 is 1.58. The topological polar surface area (TPSA) is 51.2 Å². The Bertz CT molecular complexity index is 932. The molecule has 0 saturated carbocycles. The maximum Gasteiger partial charge on any atom is 0.244 e. The number of thiophene rings is 1. The van der Waals surface area contributed by atoms with Crippen molar-refractivity contribution in [2.75, 3.05) is 13.2 Å². The number of pyridine rings is 1. The molecular formula is C20H16N2O2S. The van der Waals surface area contributed by atoms with E-state index in [9.17, 15) is 4.79 Å². The number of carbonyl (C=O) groups is 1. The van der Waals surface area contributed by atoms with Crippen molar-refractivity contribution in [1.82, 2.24) is 10.3 Å². The average molecular weight is 348 g/mol. The number of hydrogen-bond acceptors (Lipinski definition) is 4. The monoisotopic (exact) mass is 348 g/mol. The van der Waals surface area contributed by atoms with Crippen molar-refractivity contribution < 1.29 is 9.53 Å². The van der Waals surface area contributed by atoms with Crippen LogP contribution in [-0.4, -0.2) is 24.0 Å². The van der Waals surface area contributed by atoms with Crippen molar-refractivity contribution in [2.45, 2.75) is 0 Å². The van der Waals surface area contributed by atoms with Gasteiger partial charge in [0.1, 0.15) is 17.9 Å². The molecule has 1 aromatic carbocycles. The zero-order valence-corrected chi connectivity index (χ0v) is 14.3. The van der Waals surface area contributed by atoms with E-state index in [2.05, 4.69) is 22.1 Å². The van der Waals surface area contributed by atoms with Gasteiger partial charge in [0.15, 0.2) is 0 Å². The molecule has 0 radical (unpaired) electrons. The predicted molar refractivity (Wildman–Crippen MR) is 101 cm³/mol. The van der Waals surface area contributed by atoms with E-state index in [1.807, 2.05) is 47.8 Å². The van der Waals surface area contributed by atoms with Crippen LogP contribution in [0.25, 0.3) is 17.0 Å². The summed E-state index contributed by atoms with van der Waals surface area (Å²) in [5.41, 5.74) is 0.818. The highest BCUT2D eigenvalue weighted by Crippen LogP contribution is 2.22. The fourth-order valence-corrected chi connectivity index (χ4v) is 2.77. The van der Waals surface area contributed by atoms with E-state index in [4.69, 9.17) is 4.74 Å². The largest absolute Gasteiger partial charge is 0.479 e. The summed E-state index contributed by atoms with van der Waals surface area (Å²) in [5, 5.41) is 5.70. The van der Waals surface area contributed by atoms with Crippen molar-refractivity contribution >= 4 is 34.2 Å². The lowest BCUT2D eigenvalue weighted by molar-refractivity contribution is -0.116. The quantitative estimate of drug-likeness (QED) is 0.567. The molecule has 0 spiro atoms. The molecule has 1 amide bonds. The van der Waals surface area contributed by atoms with Crippen molar-refractivity contribution in [3.05, 3.63) is 65.0 Å². The second-order valence-corrected chi connectivity index (χ2v) is 6.02. The van der Waals surface area contributed by atoms with E-state index in [1.54, 1.807) is 23.6 Å². The molecule has 0 aliphatic carbocycles. The summed E-state index contributed by atoms with van der Waals surface area (Å²) in [6, 6.07) is 13.6. The molecule has 0 bridgehead atoms. The van der Waals surface area contributed by atoms with Crippen LogP contribution in [0.3, 0.4) is 0 Å². The molecule has 1 N–H and O–H groups in total. The van der Waals surface area contributed by atoms with E-state index in [0.717, 1.165) is 15.8 Å². The van der Waals surface area contributed by atoms with E-state index >= 15 is 0 Å². The highest BCUT2D eigenvalue weighted by atomic mass is 32.1. The fourth-order valence-electron chi connectivity index (χ4n) is 2.15. The van der Waals surface area contributed by atoms with E-state index < -0.39 is 0 Å². The number of aromatic nitrogens is 1. The summed E-state index contributed by atoms with van der Waals surface area (Å²) in [6.07, 6.45) is 5.02. The third kappa shape index (κ3) is 4.93.